The van der Waals surface area contributed by atoms with Gasteiger partial charge in [-0.1, -0.05) is 52.5 Å². The number of alkyl halides is 3. The van der Waals surface area contributed by atoms with E-state index in [9.17, 15) is 18.0 Å². The van der Waals surface area contributed by atoms with E-state index in [1.54, 1.807) is 18.2 Å². The highest BCUT2D eigenvalue weighted by molar-refractivity contribution is 5.90. The number of hydrogen-bond acceptors (Lipinski definition) is 3. The largest absolute Gasteiger partial charge is 0.493 e. The molecule has 0 bridgehead atoms. The molecule has 2 aromatic rings. The smallest absolute Gasteiger partial charge is 0.419 e. The number of carbonyl (C=O) groups excluding carboxylic acids is 1. The molecule has 1 N–H and O–H groups in total. The summed E-state index contributed by atoms with van der Waals surface area (Å²) in [5.41, 5.74) is 0.130. The minimum absolute atomic E-state index is 0.119. The Kier molecular flexibility index (Phi) is 8.97. The summed E-state index contributed by atoms with van der Waals surface area (Å²) < 4.78 is 47.0. The molecule has 1 aromatic heterocycles. The molecule has 1 aliphatic carbocycles. The van der Waals surface area contributed by atoms with Gasteiger partial charge in [0.25, 0.3) is 0 Å². The Labute approximate surface area is 200 Å². The zero-order valence-corrected chi connectivity index (χ0v) is 20.3. The Morgan fingerprint density at radius 3 is 2.50 bits per heavy atom. The van der Waals surface area contributed by atoms with E-state index in [1.165, 1.54) is 37.9 Å². The molecule has 0 aliphatic heterocycles. The first-order valence-electron chi connectivity index (χ1n) is 12.2. The monoisotopic (exact) mass is 476 g/mol. The fourth-order valence-corrected chi connectivity index (χ4v) is 4.68. The van der Waals surface area contributed by atoms with Gasteiger partial charge in [0.2, 0.25) is 5.91 Å². The zero-order chi connectivity index (χ0) is 24.7. The van der Waals surface area contributed by atoms with Crippen LogP contribution in [0.1, 0.15) is 71.3 Å². The fourth-order valence-electron chi connectivity index (χ4n) is 4.68. The second-order valence-corrected chi connectivity index (χ2v) is 9.92. The van der Waals surface area contributed by atoms with Crippen LogP contribution >= 0.6 is 0 Å². The molecule has 0 saturated heterocycles. The van der Waals surface area contributed by atoms with Gasteiger partial charge in [0, 0.05) is 12.6 Å². The molecule has 7 heteroatoms. The van der Waals surface area contributed by atoms with E-state index < -0.39 is 11.7 Å². The maximum absolute atomic E-state index is 13.8. The molecule has 34 heavy (non-hydrogen) atoms. The number of aromatic nitrogens is 1. The van der Waals surface area contributed by atoms with Gasteiger partial charge in [-0.05, 0) is 66.0 Å². The third-order valence-electron chi connectivity index (χ3n) is 6.30. The van der Waals surface area contributed by atoms with Crippen molar-refractivity contribution < 1.29 is 22.7 Å². The predicted molar refractivity (Wildman–Crippen MR) is 129 cm³/mol. The van der Waals surface area contributed by atoms with E-state index >= 15 is 0 Å². The van der Waals surface area contributed by atoms with Gasteiger partial charge in [-0.2, -0.15) is 13.2 Å². The van der Waals surface area contributed by atoms with Crippen molar-refractivity contribution in [2.45, 2.75) is 71.9 Å². The minimum Gasteiger partial charge on any atom is -0.493 e. The van der Waals surface area contributed by atoms with Gasteiger partial charge in [-0.25, -0.2) is 4.98 Å². The summed E-state index contributed by atoms with van der Waals surface area (Å²) in [7, 11) is 0. The van der Waals surface area contributed by atoms with E-state index in [2.05, 4.69) is 24.1 Å². The van der Waals surface area contributed by atoms with Crippen LogP contribution in [0.3, 0.4) is 0 Å². The van der Waals surface area contributed by atoms with E-state index in [0.29, 0.717) is 35.2 Å². The summed E-state index contributed by atoms with van der Waals surface area (Å²) in [5, 5.41) is 2.78. The zero-order valence-electron chi connectivity index (χ0n) is 20.3. The Hall–Kier alpha value is -2.57. The first-order valence-corrected chi connectivity index (χ1v) is 12.2. The van der Waals surface area contributed by atoms with Crippen LogP contribution in [-0.4, -0.2) is 17.5 Å². The average molecular weight is 477 g/mol. The minimum atomic E-state index is -4.54. The molecule has 0 unspecified atom stereocenters. The Morgan fingerprint density at radius 2 is 1.82 bits per heavy atom. The fraction of sp³-hybridized carbons (Fsp3) is 0.556. The number of ether oxygens (including phenoxy) is 1. The summed E-state index contributed by atoms with van der Waals surface area (Å²) in [6, 6.07) is 7.33. The lowest BCUT2D eigenvalue weighted by Gasteiger charge is -2.19. The van der Waals surface area contributed by atoms with Crippen LogP contribution in [0.25, 0.3) is 11.1 Å². The Bertz CT molecular complexity index is 953. The predicted octanol–water partition coefficient (Wildman–Crippen LogP) is 7.74. The van der Waals surface area contributed by atoms with Gasteiger partial charge in [-0.3, -0.25) is 4.79 Å². The number of amides is 1. The number of nitrogens with one attached hydrogen (secondary N) is 1. The number of rotatable bonds is 10. The molecule has 1 heterocycles. The number of halogens is 3. The lowest BCUT2D eigenvalue weighted by atomic mass is 9.99. The van der Waals surface area contributed by atoms with Gasteiger partial charge in [0.1, 0.15) is 11.6 Å². The van der Waals surface area contributed by atoms with Crippen molar-refractivity contribution in [2.24, 2.45) is 17.8 Å². The van der Waals surface area contributed by atoms with Gasteiger partial charge in [-0.15, -0.1) is 0 Å². The van der Waals surface area contributed by atoms with E-state index in [4.69, 9.17) is 4.74 Å². The second-order valence-electron chi connectivity index (χ2n) is 9.92. The van der Waals surface area contributed by atoms with Crippen LogP contribution in [0.15, 0.2) is 36.5 Å². The maximum Gasteiger partial charge on any atom is 0.419 e. The molecule has 0 radical (unpaired) electrons. The third kappa shape index (κ3) is 7.74. The first-order chi connectivity index (χ1) is 16.1. The number of nitrogens with zero attached hydrogens (tertiary/aromatic N) is 1. The van der Waals surface area contributed by atoms with Crippen molar-refractivity contribution in [1.29, 1.82) is 0 Å². The molecule has 1 fully saturated rings. The molecule has 1 saturated carbocycles. The third-order valence-corrected chi connectivity index (χ3v) is 6.30. The Balaban J connectivity index is 1.71. The molecular formula is C27H35F3N2O2. The summed E-state index contributed by atoms with van der Waals surface area (Å²) >= 11 is 0. The molecular weight excluding hydrogens is 441 g/mol. The average Bonchev–Trinajstić information content (AvgIpc) is 3.29. The van der Waals surface area contributed by atoms with Crippen LogP contribution in [0.4, 0.5) is 19.0 Å². The van der Waals surface area contributed by atoms with E-state index in [-0.39, 0.29) is 24.2 Å². The molecule has 3 rings (SSSR count). The van der Waals surface area contributed by atoms with Crippen LogP contribution < -0.4 is 10.1 Å². The second kappa shape index (κ2) is 11.7. The maximum atomic E-state index is 13.8. The summed E-state index contributed by atoms with van der Waals surface area (Å²) in [6.07, 6.45) is 3.94. The number of carbonyl (C=O) groups is 1. The normalized spacial score (nSPS) is 15.5. The highest BCUT2D eigenvalue weighted by atomic mass is 19.4. The van der Waals surface area contributed by atoms with Crippen LogP contribution in [-0.2, 0) is 11.0 Å². The first kappa shape index (κ1) is 26.0. The topological polar surface area (TPSA) is 51.2 Å². The Morgan fingerprint density at radius 1 is 1.12 bits per heavy atom. The van der Waals surface area contributed by atoms with Gasteiger partial charge in [0.15, 0.2) is 0 Å². The summed E-state index contributed by atoms with van der Waals surface area (Å²) in [6.45, 7) is 6.36. The van der Waals surface area contributed by atoms with E-state index in [0.717, 1.165) is 18.9 Å². The highest BCUT2D eigenvalue weighted by Gasteiger charge is 2.35. The number of hydrogen-bond donors (Lipinski definition) is 1. The SMILES string of the molecule is CC(C)C[C@@H](C)COc1ccc(-c2ccnc(NC(=O)CCC3CCCC3)c2)cc1C(F)(F)F. The van der Waals surface area contributed by atoms with Crippen LogP contribution in [0, 0.1) is 17.8 Å². The van der Waals surface area contributed by atoms with Crippen molar-refractivity contribution in [3.05, 3.63) is 42.1 Å². The van der Waals surface area contributed by atoms with Crippen molar-refractivity contribution in [2.75, 3.05) is 11.9 Å². The summed E-state index contributed by atoms with van der Waals surface area (Å²) in [5.74, 6) is 1.27. The van der Waals surface area contributed by atoms with Crippen molar-refractivity contribution in [1.82, 2.24) is 4.98 Å². The van der Waals surface area contributed by atoms with Gasteiger partial charge < -0.3 is 10.1 Å². The molecule has 1 amide bonds. The molecule has 1 atom stereocenters. The van der Waals surface area contributed by atoms with E-state index in [1.807, 2.05) is 6.92 Å². The standard InChI is InChI=1S/C27H35F3N2O2/c1-18(2)14-19(3)17-34-24-10-9-21(15-23(24)27(28,29)30)22-12-13-31-25(16-22)32-26(33)11-8-20-6-4-5-7-20/h9-10,12-13,15-16,18-20H,4-8,11,14,17H2,1-3H3,(H,31,32,33)/t19-/m1/s1. The number of anilines is 1. The lowest BCUT2D eigenvalue weighted by molar-refractivity contribution is -0.139. The number of benzene rings is 1. The molecule has 1 aromatic carbocycles. The van der Waals surface area contributed by atoms with Crippen molar-refractivity contribution in [3.63, 3.8) is 0 Å². The van der Waals surface area contributed by atoms with Gasteiger partial charge in [0.05, 0.1) is 12.2 Å². The highest BCUT2D eigenvalue weighted by Crippen LogP contribution is 2.39. The van der Waals surface area contributed by atoms with Crippen molar-refractivity contribution in [3.8, 4) is 16.9 Å². The molecule has 0 spiro atoms. The number of pyridine rings is 1. The molecule has 4 nitrogen and oxygen atoms in total. The van der Waals surface area contributed by atoms with Crippen LogP contribution in [0.5, 0.6) is 5.75 Å². The molecule has 186 valence electrons. The van der Waals surface area contributed by atoms with Gasteiger partial charge >= 0.3 is 6.18 Å². The lowest BCUT2D eigenvalue weighted by Crippen LogP contribution is -2.14. The van der Waals surface area contributed by atoms with Crippen LogP contribution in [0.2, 0.25) is 0 Å². The molecule has 1 aliphatic rings. The van der Waals surface area contributed by atoms with Crippen molar-refractivity contribution >= 4 is 11.7 Å². The quantitative estimate of drug-likeness (QED) is 0.382. The summed E-state index contributed by atoms with van der Waals surface area (Å²) in [4.78, 5) is 16.5.